The van der Waals surface area contributed by atoms with E-state index in [1.54, 1.807) is 0 Å². The molecule has 2 aliphatic carbocycles. The molecule has 0 unspecified atom stereocenters. The normalized spacial score (nSPS) is 22.2. The summed E-state index contributed by atoms with van der Waals surface area (Å²) in [6, 6.07) is 14.4. The maximum absolute atomic E-state index is 13.2. The number of ketones is 1. The number of nitrogens with zero attached hydrogens (tertiary/aromatic N) is 2. The lowest BCUT2D eigenvalue weighted by molar-refractivity contribution is 0.0877. The van der Waals surface area contributed by atoms with E-state index < -0.39 is 0 Å². The predicted molar refractivity (Wildman–Crippen MR) is 106 cm³/mol. The van der Waals surface area contributed by atoms with Gasteiger partial charge in [-0.15, -0.1) is 0 Å². The van der Waals surface area contributed by atoms with Gasteiger partial charge in [-0.25, -0.2) is 4.98 Å². The Morgan fingerprint density at radius 1 is 1.00 bits per heavy atom. The second-order valence-electron chi connectivity index (χ2n) is 8.01. The quantitative estimate of drug-likeness (QED) is 0.658. The number of nitriles is 1. The van der Waals surface area contributed by atoms with E-state index in [-0.39, 0.29) is 11.7 Å². The third-order valence-corrected chi connectivity index (χ3v) is 6.21. The van der Waals surface area contributed by atoms with E-state index in [0.717, 1.165) is 43.5 Å². The lowest BCUT2D eigenvalue weighted by Gasteiger charge is -2.28. The van der Waals surface area contributed by atoms with Crippen LogP contribution in [0.25, 0.3) is 0 Å². The lowest BCUT2D eigenvalue weighted by Crippen LogP contribution is -2.23. The molecule has 1 heterocycles. The van der Waals surface area contributed by atoms with E-state index in [0.29, 0.717) is 17.4 Å². The minimum Gasteiger partial charge on any atom is -0.292 e. The molecule has 2 aliphatic rings. The van der Waals surface area contributed by atoms with Gasteiger partial charge in [-0.05, 0) is 86.1 Å². The van der Waals surface area contributed by atoms with Gasteiger partial charge in [-0.1, -0.05) is 25.1 Å². The van der Waals surface area contributed by atoms with Crippen molar-refractivity contribution < 1.29 is 4.79 Å². The zero-order valence-electron chi connectivity index (χ0n) is 15.9. The molecule has 0 saturated heterocycles. The molecule has 2 saturated carbocycles. The van der Waals surface area contributed by atoms with E-state index in [1.807, 2.05) is 12.1 Å². The summed E-state index contributed by atoms with van der Waals surface area (Å²) in [4.78, 5) is 18.0. The van der Waals surface area contributed by atoms with Gasteiger partial charge in [-0.2, -0.15) is 5.26 Å². The van der Waals surface area contributed by atoms with Gasteiger partial charge in [-0.3, -0.25) is 4.79 Å². The molecule has 1 aromatic heterocycles. The Labute approximate surface area is 161 Å². The largest absolute Gasteiger partial charge is 0.292 e. The van der Waals surface area contributed by atoms with Crippen LogP contribution in [0, 0.1) is 17.2 Å². The molecule has 3 nitrogen and oxygen atoms in total. The summed E-state index contributed by atoms with van der Waals surface area (Å²) < 4.78 is 0. The molecule has 0 amide bonds. The number of carbonyl (C=O) groups is 1. The molecule has 2 fully saturated rings. The Bertz CT molecular complexity index is 866. The van der Waals surface area contributed by atoms with E-state index in [2.05, 4.69) is 37.3 Å². The second-order valence-corrected chi connectivity index (χ2v) is 8.01. The van der Waals surface area contributed by atoms with Crippen LogP contribution in [0.15, 0.2) is 36.4 Å². The summed E-state index contributed by atoms with van der Waals surface area (Å²) in [6.07, 6.45) is 7.20. The van der Waals surface area contributed by atoms with Crippen molar-refractivity contribution in [2.75, 3.05) is 0 Å². The van der Waals surface area contributed by atoms with Crippen LogP contribution >= 0.6 is 0 Å². The monoisotopic (exact) mass is 358 g/mol. The third-order valence-electron chi connectivity index (χ3n) is 6.21. The summed E-state index contributed by atoms with van der Waals surface area (Å²) in [5, 5.41) is 8.95. The highest BCUT2D eigenvalue weighted by atomic mass is 16.1. The van der Waals surface area contributed by atoms with Gasteiger partial charge in [0.15, 0.2) is 5.78 Å². The number of benzene rings is 1. The molecule has 0 radical (unpaired) electrons. The highest BCUT2D eigenvalue weighted by Crippen LogP contribution is 2.43. The minimum absolute atomic E-state index is 0.108. The van der Waals surface area contributed by atoms with Crippen molar-refractivity contribution in [1.82, 2.24) is 4.98 Å². The topological polar surface area (TPSA) is 53.8 Å². The number of pyridine rings is 1. The predicted octanol–water partition coefficient (Wildman–Crippen LogP) is 5.55. The van der Waals surface area contributed by atoms with Crippen molar-refractivity contribution in [3.63, 3.8) is 0 Å². The van der Waals surface area contributed by atoms with E-state index in [9.17, 15) is 4.79 Å². The van der Waals surface area contributed by atoms with Crippen LogP contribution < -0.4 is 0 Å². The standard InChI is InChI=1S/C24H26N2O/c1-2-21-13-14-22(19-9-10-19)23(26-21)24(27)20-11-7-18(8-12-20)17-5-3-16(15-25)4-6-17/h3-6,13-14,18-20H,2,7-12H2,1H3. The van der Waals surface area contributed by atoms with Crippen LogP contribution in [-0.2, 0) is 6.42 Å². The zero-order chi connectivity index (χ0) is 18.8. The average Bonchev–Trinajstić information content (AvgIpc) is 3.58. The van der Waals surface area contributed by atoms with Gasteiger partial charge in [0.2, 0.25) is 0 Å². The molecule has 4 rings (SSSR count). The SMILES string of the molecule is CCc1ccc(C2CC2)c(C(=O)C2CCC(c3ccc(C#N)cc3)CC2)n1. The van der Waals surface area contributed by atoms with Crippen LogP contribution in [0.5, 0.6) is 0 Å². The first-order chi connectivity index (χ1) is 13.2. The Balaban J connectivity index is 1.46. The fraction of sp³-hybridized carbons (Fsp3) is 0.458. The molecule has 27 heavy (non-hydrogen) atoms. The van der Waals surface area contributed by atoms with Gasteiger partial charge < -0.3 is 0 Å². The molecule has 0 N–H and O–H groups in total. The van der Waals surface area contributed by atoms with Gasteiger partial charge in [0.1, 0.15) is 5.69 Å². The summed E-state index contributed by atoms with van der Waals surface area (Å²) in [5.41, 5.74) is 4.97. The van der Waals surface area contributed by atoms with Crippen molar-refractivity contribution in [3.8, 4) is 6.07 Å². The number of aryl methyl sites for hydroxylation is 1. The third kappa shape index (κ3) is 3.81. The first-order valence-electron chi connectivity index (χ1n) is 10.2. The van der Waals surface area contributed by atoms with Gasteiger partial charge in [0.25, 0.3) is 0 Å². The fourth-order valence-electron chi connectivity index (χ4n) is 4.34. The Morgan fingerprint density at radius 3 is 2.26 bits per heavy atom. The average molecular weight is 358 g/mol. The number of carbonyl (C=O) groups excluding carboxylic acids is 1. The molecule has 0 bridgehead atoms. The van der Waals surface area contributed by atoms with Crippen molar-refractivity contribution >= 4 is 5.78 Å². The van der Waals surface area contributed by atoms with Crippen LogP contribution in [0.3, 0.4) is 0 Å². The fourth-order valence-corrected chi connectivity index (χ4v) is 4.34. The second kappa shape index (κ2) is 7.64. The number of hydrogen-bond acceptors (Lipinski definition) is 3. The van der Waals surface area contributed by atoms with Crippen molar-refractivity contribution in [3.05, 3.63) is 64.5 Å². The van der Waals surface area contributed by atoms with Crippen LogP contribution in [0.1, 0.15) is 90.2 Å². The highest BCUT2D eigenvalue weighted by molar-refractivity contribution is 5.97. The Kier molecular flexibility index (Phi) is 5.07. The minimum atomic E-state index is 0.108. The maximum atomic E-state index is 13.2. The smallest absolute Gasteiger partial charge is 0.184 e. The number of rotatable bonds is 5. The Hall–Kier alpha value is -2.47. The lowest BCUT2D eigenvalue weighted by atomic mass is 9.76. The number of Topliss-reactive ketones (excluding diaryl/α,β-unsaturated/α-hetero) is 1. The molecule has 0 atom stereocenters. The van der Waals surface area contributed by atoms with E-state index in [4.69, 9.17) is 10.2 Å². The summed E-state index contributed by atoms with van der Waals surface area (Å²) in [5.74, 6) is 1.43. The van der Waals surface area contributed by atoms with Gasteiger partial charge in [0.05, 0.1) is 11.6 Å². The number of aromatic nitrogens is 1. The highest BCUT2D eigenvalue weighted by Gasteiger charge is 2.33. The molecule has 3 heteroatoms. The van der Waals surface area contributed by atoms with Gasteiger partial charge in [0, 0.05) is 11.6 Å². The van der Waals surface area contributed by atoms with Crippen molar-refractivity contribution in [2.24, 2.45) is 5.92 Å². The first-order valence-corrected chi connectivity index (χ1v) is 10.2. The van der Waals surface area contributed by atoms with E-state index in [1.165, 1.54) is 24.0 Å². The maximum Gasteiger partial charge on any atom is 0.184 e. The summed E-state index contributed by atoms with van der Waals surface area (Å²) in [7, 11) is 0. The first kappa shape index (κ1) is 17.9. The number of hydrogen-bond donors (Lipinski definition) is 0. The van der Waals surface area contributed by atoms with Crippen molar-refractivity contribution in [1.29, 1.82) is 5.26 Å². The molecular weight excluding hydrogens is 332 g/mol. The molecule has 2 aromatic rings. The molecule has 0 spiro atoms. The van der Waals surface area contributed by atoms with Gasteiger partial charge >= 0.3 is 0 Å². The Morgan fingerprint density at radius 2 is 1.67 bits per heavy atom. The molecular formula is C24H26N2O. The molecule has 1 aromatic carbocycles. The summed E-state index contributed by atoms with van der Waals surface area (Å²) in [6.45, 7) is 2.09. The van der Waals surface area contributed by atoms with Crippen molar-refractivity contribution in [2.45, 2.75) is 63.7 Å². The van der Waals surface area contributed by atoms with Crippen LogP contribution in [0.4, 0.5) is 0 Å². The zero-order valence-corrected chi connectivity index (χ0v) is 15.9. The summed E-state index contributed by atoms with van der Waals surface area (Å²) >= 11 is 0. The van der Waals surface area contributed by atoms with E-state index >= 15 is 0 Å². The van der Waals surface area contributed by atoms with Crippen LogP contribution in [-0.4, -0.2) is 10.8 Å². The molecule has 138 valence electrons. The molecule has 0 aliphatic heterocycles. The van der Waals surface area contributed by atoms with Crippen LogP contribution in [0.2, 0.25) is 0 Å².